The van der Waals surface area contributed by atoms with Crippen LogP contribution in [-0.4, -0.2) is 27.4 Å². The normalized spacial score (nSPS) is 13.7. The van der Waals surface area contributed by atoms with Gasteiger partial charge in [0.2, 0.25) is 10.0 Å². The van der Waals surface area contributed by atoms with Crippen molar-refractivity contribution in [3.63, 3.8) is 0 Å². The Morgan fingerprint density at radius 1 is 1.04 bits per heavy atom. The zero-order chi connectivity index (χ0) is 17.0. The van der Waals surface area contributed by atoms with E-state index in [0.717, 1.165) is 22.4 Å². The molecule has 1 aliphatic rings. The molecule has 5 nitrogen and oxygen atoms in total. The van der Waals surface area contributed by atoms with Crippen LogP contribution >= 0.6 is 0 Å². The lowest BCUT2D eigenvalue weighted by molar-refractivity contribution is 0.171. The summed E-state index contributed by atoms with van der Waals surface area (Å²) in [5.74, 6) is 1.46. The first-order chi connectivity index (χ1) is 11.5. The first kappa shape index (κ1) is 16.8. The topological polar surface area (TPSA) is 64.6 Å². The predicted octanol–water partition coefficient (Wildman–Crippen LogP) is 2.43. The van der Waals surface area contributed by atoms with Crippen LogP contribution in [0.2, 0.25) is 0 Å². The minimum Gasteiger partial charge on any atom is -0.486 e. The molecule has 6 heteroatoms. The number of hydrogen-bond acceptors (Lipinski definition) is 4. The van der Waals surface area contributed by atoms with Crippen LogP contribution in [0.15, 0.2) is 42.5 Å². The van der Waals surface area contributed by atoms with Gasteiger partial charge in [0.15, 0.2) is 11.5 Å². The Morgan fingerprint density at radius 3 is 2.42 bits per heavy atom. The fourth-order valence-corrected chi connectivity index (χ4v) is 3.60. The molecule has 1 heterocycles. The summed E-state index contributed by atoms with van der Waals surface area (Å²) in [7, 11) is -3.34. The lowest BCUT2D eigenvalue weighted by Crippen LogP contribution is -2.27. The molecular weight excluding hydrogens is 326 g/mol. The van der Waals surface area contributed by atoms with Gasteiger partial charge >= 0.3 is 0 Å². The van der Waals surface area contributed by atoms with E-state index in [0.29, 0.717) is 25.4 Å². The summed E-state index contributed by atoms with van der Waals surface area (Å²) in [6.45, 7) is 3.24. The molecule has 2 aromatic carbocycles. The van der Waals surface area contributed by atoms with Crippen molar-refractivity contribution in [1.82, 2.24) is 4.72 Å². The van der Waals surface area contributed by atoms with Gasteiger partial charge in [-0.1, -0.05) is 30.3 Å². The number of sulfonamides is 1. The van der Waals surface area contributed by atoms with Crippen molar-refractivity contribution >= 4 is 10.0 Å². The van der Waals surface area contributed by atoms with E-state index in [1.165, 1.54) is 0 Å². The second kappa shape index (κ2) is 7.23. The van der Waals surface area contributed by atoms with Gasteiger partial charge in [-0.15, -0.1) is 0 Å². The van der Waals surface area contributed by atoms with Gasteiger partial charge in [0.1, 0.15) is 13.2 Å². The largest absolute Gasteiger partial charge is 0.486 e. The van der Waals surface area contributed by atoms with Gasteiger partial charge in [-0.05, 0) is 42.2 Å². The molecule has 0 fully saturated rings. The molecule has 0 aromatic heterocycles. The smallest absolute Gasteiger partial charge is 0.212 e. The molecular formula is C18H21NO4S. The van der Waals surface area contributed by atoms with Gasteiger partial charge in [-0.25, -0.2) is 13.1 Å². The molecule has 2 aromatic rings. The van der Waals surface area contributed by atoms with E-state index in [1.54, 1.807) is 0 Å². The molecule has 0 unspecified atom stereocenters. The van der Waals surface area contributed by atoms with Crippen LogP contribution < -0.4 is 14.2 Å². The minimum atomic E-state index is -3.34. The Hall–Kier alpha value is -2.05. The third kappa shape index (κ3) is 4.27. The Morgan fingerprint density at radius 2 is 1.71 bits per heavy atom. The quantitative estimate of drug-likeness (QED) is 0.872. The minimum absolute atomic E-state index is 0.0701. The first-order valence-corrected chi connectivity index (χ1v) is 9.59. The maximum Gasteiger partial charge on any atom is 0.212 e. The molecule has 0 atom stereocenters. The van der Waals surface area contributed by atoms with Crippen molar-refractivity contribution in [2.45, 2.75) is 19.9 Å². The first-order valence-electron chi connectivity index (χ1n) is 7.94. The van der Waals surface area contributed by atoms with Gasteiger partial charge < -0.3 is 9.47 Å². The van der Waals surface area contributed by atoms with E-state index < -0.39 is 10.0 Å². The molecule has 0 spiro atoms. The zero-order valence-corrected chi connectivity index (χ0v) is 14.4. The molecule has 0 radical (unpaired) electrons. The number of ether oxygens (including phenoxy) is 2. The highest BCUT2D eigenvalue weighted by atomic mass is 32.2. The molecule has 1 N–H and O–H groups in total. The monoisotopic (exact) mass is 347 g/mol. The summed E-state index contributed by atoms with van der Waals surface area (Å²) in [6, 6.07) is 13.3. The van der Waals surface area contributed by atoms with Crippen LogP contribution in [0.4, 0.5) is 0 Å². The van der Waals surface area contributed by atoms with E-state index in [4.69, 9.17) is 9.47 Å². The van der Waals surface area contributed by atoms with Crippen LogP contribution in [-0.2, 0) is 23.0 Å². The second-order valence-electron chi connectivity index (χ2n) is 5.80. The lowest BCUT2D eigenvalue weighted by Gasteiger charge is -2.20. The molecule has 24 heavy (non-hydrogen) atoms. The van der Waals surface area contributed by atoms with E-state index in [-0.39, 0.29) is 12.3 Å². The van der Waals surface area contributed by atoms with E-state index in [9.17, 15) is 8.42 Å². The van der Waals surface area contributed by atoms with E-state index >= 15 is 0 Å². The summed E-state index contributed by atoms with van der Waals surface area (Å²) in [5, 5.41) is 0. The third-order valence-corrected chi connectivity index (χ3v) is 5.31. The van der Waals surface area contributed by atoms with E-state index in [1.807, 2.05) is 49.4 Å². The fraction of sp³-hybridized carbons (Fsp3) is 0.333. The van der Waals surface area contributed by atoms with Gasteiger partial charge in [0.05, 0.1) is 5.75 Å². The Balaban J connectivity index is 1.62. The highest BCUT2D eigenvalue weighted by Crippen LogP contribution is 2.32. The fourth-order valence-electron chi connectivity index (χ4n) is 2.58. The Kier molecular flexibility index (Phi) is 5.06. The summed E-state index contributed by atoms with van der Waals surface area (Å²) in [5.41, 5.74) is 2.88. The second-order valence-corrected chi connectivity index (χ2v) is 7.72. The summed E-state index contributed by atoms with van der Waals surface area (Å²) < 4.78 is 38.2. The van der Waals surface area contributed by atoms with Crippen molar-refractivity contribution in [2.75, 3.05) is 19.0 Å². The third-order valence-electron chi connectivity index (χ3n) is 3.99. The molecule has 0 bridgehead atoms. The maximum atomic E-state index is 12.2. The standard InChI is InChI=1S/C18H21NO4S/c1-14-11-17-18(23-9-8-22-17)12-16(14)13-19-24(20,21)10-7-15-5-3-2-4-6-15/h2-6,11-12,19H,7-10,13H2,1H3. The van der Waals surface area contributed by atoms with Crippen LogP contribution in [0.25, 0.3) is 0 Å². The molecule has 0 aliphatic carbocycles. The molecule has 0 saturated carbocycles. The number of fused-ring (bicyclic) bond motifs is 1. The van der Waals surface area contributed by atoms with Crippen molar-refractivity contribution in [3.05, 3.63) is 59.2 Å². The van der Waals surface area contributed by atoms with Crippen molar-refractivity contribution in [3.8, 4) is 11.5 Å². The lowest BCUT2D eigenvalue weighted by atomic mass is 10.1. The number of nitrogens with one attached hydrogen (secondary N) is 1. The highest BCUT2D eigenvalue weighted by molar-refractivity contribution is 7.89. The predicted molar refractivity (Wildman–Crippen MR) is 92.9 cm³/mol. The van der Waals surface area contributed by atoms with Crippen LogP contribution in [0.1, 0.15) is 16.7 Å². The van der Waals surface area contributed by atoms with Crippen molar-refractivity contribution in [1.29, 1.82) is 0 Å². The molecule has 1 aliphatic heterocycles. The van der Waals surface area contributed by atoms with Crippen LogP contribution in [0.5, 0.6) is 11.5 Å². The SMILES string of the molecule is Cc1cc2c(cc1CNS(=O)(=O)CCc1ccccc1)OCCO2. The molecule has 3 rings (SSSR count). The molecule has 128 valence electrons. The van der Waals surface area contributed by atoms with Crippen LogP contribution in [0.3, 0.4) is 0 Å². The Bertz CT molecular complexity index is 803. The molecule has 0 saturated heterocycles. The number of aryl methyl sites for hydroxylation is 2. The summed E-state index contributed by atoms with van der Waals surface area (Å²) >= 11 is 0. The van der Waals surface area contributed by atoms with Crippen molar-refractivity contribution < 1.29 is 17.9 Å². The highest BCUT2D eigenvalue weighted by Gasteiger charge is 2.16. The van der Waals surface area contributed by atoms with Crippen LogP contribution in [0, 0.1) is 6.92 Å². The summed E-state index contributed by atoms with van der Waals surface area (Å²) in [4.78, 5) is 0. The maximum absolute atomic E-state index is 12.2. The number of benzene rings is 2. The van der Waals surface area contributed by atoms with Gasteiger partial charge in [0.25, 0.3) is 0 Å². The average molecular weight is 347 g/mol. The van der Waals surface area contributed by atoms with Gasteiger partial charge in [0, 0.05) is 6.54 Å². The zero-order valence-electron chi connectivity index (χ0n) is 13.6. The van der Waals surface area contributed by atoms with Crippen molar-refractivity contribution in [2.24, 2.45) is 0 Å². The number of hydrogen-bond donors (Lipinski definition) is 1. The van der Waals surface area contributed by atoms with Gasteiger partial charge in [-0.3, -0.25) is 0 Å². The molecule has 0 amide bonds. The average Bonchev–Trinajstić information content (AvgIpc) is 2.59. The van der Waals surface area contributed by atoms with Gasteiger partial charge in [-0.2, -0.15) is 0 Å². The van der Waals surface area contributed by atoms with E-state index in [2.05, 4.69) is 4.72 Å². The summed E-state index contributed by atoms with van der Waals surface area (Å²) in [6.07, 6.45) is 0.496. The number of rotatable bonds is 6. The Labute approximate surface area is 142 Å².